The summed E-state index contributed by atoms with van der Waals surface area (Å²) in [7, 11) is 0. The summed E-state index contributed by atoms with van der Waals surface area (Å²) in [6.07, 6.45) is 1.88. The van der Waals surface area contributed by atoms with Crippen molar-refractivity contribution in [2.45, 2.75) is 13.5 Å². The zero-order valence-electron chi connectivity index (χ0n) is 4.41. The minimum absolute atomic E-state index is 1.86. The van der Waals surface area contributed by atoms with Crippen molar-refractivity contribution in [3.8, 4) is 0 Å². The Morgan fingerprint density at radius 1 is 1.43 bits per heavy atom. The van der Waals surface area contributed by atoms with Crippen LogP contribution < -0.4 is 0 Å². The molecule has 0 aromatic rings. The smallest absolute Gasteiger partial charge is 0.141 e. The Balaban J connectivity index is 3.56. The van der Waals surface area contributed by atoms with Gasteiger partial charge in [0.2, 0.25) is 0 Å². The van der Waals surface area contributed by atoms with Crippen LogP contribution in [0.2, 0.25) is 6.55 Å². The molecule has 0 fully saturated rings. The van der Waals surface area contributed by atoms with Crippen LogP contribution in [0.15, 0.2) is 11.8 Å². The van der Waals surface area contributed by atoms with E-state index in [9.17, 15) is 0 Å². The quantitative estimate of drug-likeness (QED) is 0.403. The summed E-state index contributed by atoms with van der Waals surface area (Å²) in [4.78, 5) is 0. The van der Waals surface area contributed by atoms with Crippen LogP contribution in [0.3, 0.4) is 0 Å². The average molecular weight is 155 g/mol. The van der Waals surface area contributed by atoms with E-state index in [0.29, 0.717) is 0 Å². The van der Waals surface area contributed by atoms with Crippen molar-refractivity contribution in [1.29, 1.82) is 0 Å². The first-order valence-corrected chi connectivity index (χ1v) is 6.68. The van der Waals surface area contributed by atoms with Crippen LogP contribution in [0.25, 0.3) is 0 Å². The number of allylic oxidation sites excluding steroid dienone is 1. The standard InChI is InChI=1S/C4H8Cl2Si/c1-3-4-7(2,5)6/h3-4H,1-2H3/b4-3-. The molecule has 0 aromatic carbocycles. The second-order valence-electron chi connectivity index (χ2n) is 1.46. The van der Waals surface area contributed by atoms with Gasteiger partial charge in [-0.3, -0.25) is 0 Å². The van der Waals surface area contributed by atoms with Crippen LogP contribution in [-0.2, 0) is 0 Å². The molecule has 0 amide bonds. The number of hydrogen-bond donors (Lipinski definition) is 0. The minimum Gasteiger partial charge on any atom is -0.141 e. The number of halogens is 2. The highest BCUT2D eigenvalue weighted by Crippen LogP contribution is 2.14. The summed E-state index contributed by atoms with van der Waals surface area (Å²) in [5.74, 6) is 0. The molecule has 0 rings (SSSR count). The molecule has 0 spiro atoms. The third kappa shape index (κ3) is 6.54. The third-order valence-electron chi connectivity index (χ3n) is 0.459. The molecule has 42 valence electrons. The largest absolute Gasteiger partial charge is 0.270 e. The molecule has 0 N–H and O–H groups in total. The Bertz CT molecular complexity index is 72.2. The van der Waals surface area contributed by atoms with E-state index in [-0.39, 0.29) is 0 Å². The van der Waals surface area contributed by atoms with Crippen molar-refractivity contribution in [1.82, 2.24) is 0 Å². The summed E-state index contributed by atoms with van der Waals surface area (Å²) in [6.45, 7) is 1.88. The van der Waals surface area contributed by atoms with Gasteiger partial charge >= 0.3 is 0 Å². The minimum atomic E-state index is -1.89. The van der Waals surface area contributed by atoms with E-state index >= 15 is 0 Å². The van der Waals surface area contributed by atoms with Crippen molar-refractivity contribution in [2.24, 2.45) is 0 Å². The highest BCUT2D eigenvalue weighted by atomic mass is 35.7. The number of hydrogen-bond acceptors (Lipinski definition) is 0. The van der Waals surface area contributed by atoms with E-state index in [1.807, 2.05) is 25.2 Å². The third-order valence-corrected chi connectivity index (χ3v) is 2.13. The van der Waals surface area contributed by atoms with Crippen LogP contribution in [0, 0.1) is 0 Å². The predicted octanol–water partition coefficient (Wildman–Crippen LogP) is 2.65. The highest BCUT2D eigenvalue weighted by Gasteiger charge is 2.13. The summed E-state index contributed by atoms with van der Waals surface area (Å²) >= 11 is 11.3. The van der Waals surface area contributed by atoms with Gasteiger partial charge in [-0.2, -0.15) is 0 Å². The first-order valence-electron chi connectivity index (χ1n) is 2.08. The lowest BCUT2D eigenvalue weighted by atomic mass is 10.8. The van der Waals surface area contributed by atoms with Crippen molar-refractivity contribution in [3.05, 3.63) is 11.8 Å². The van der Waals surface area contributed by atoms with Gasteiger partial charge in [0.25, 0.3) is 6.69 Å². The van der Waals surface area contributed by atoms with Crippen molar-refractivity contribution < 1.29 is 0 Å². The van der Waals surface area contributed by atoms with Gasteiger partial charge in [0.15, 0.2) is 0 Å². The van der Waals surface area contributed by atoms with Gasteiger partial charge in [0.05, 0.1) is 0 Å². The summed E-state index contributed by atoms with van der Waals surface area (Å²) in [6, 6.07) is 0. The molecule has 0 nitrogen and oxygen atoms in total. The molecule has 0 aliphatic carbocycles. The van der Waals surface area contributed by atoms with Gasteiger partial charge in [0, 0.05) is 0 Å². The molecule has 0 heterocycles. The maximum absolute atomic E-state index is 5.65. The Kier molecular flexibility index (Phi) is 2.96. The van der Waals surface area contributed by atoms with Crippen LogP contribution in [0.5, 0.6) is 0 Å². The molecular weight excluding hydrogens is 147 g/mol. The topological polar surface area (TPSA) is 0 Å². The van der Waals surface area contributed by atoms with Crippen molar-refractivity contribution >= 4 is 28.9 Å². The monoisotopic (exact) mass is 154 g/mol. The summed E-state index contributed by atoms with van der Waals surface area (Å²) < 4.78 is 0. The predicted molar refractivity (Wildman–Crippen MR) is 38.1 cm³/mol. The Morgan fingerprint density at radius 2 is 1.86 bits per heavy atom. The van der Waals surface area contributed by atoms with Gasteiger partial charge in [-0.05, 0) is 13.5 Å². The molecule has 0 aliphatic heterocycles. The first kappa shape index (κ1) is 7.54. The van der Waals surface area contributed by atoms with Gasteiger partial charge in [0.1, 0.15) is 0 Å². The van der Waals surface area contributed by atoms with Gasteiger partial charge in [-0.15, -0.1) is 22.2 Å². The van der Waals surface area contributed by atoms with E-state index in [2.05, 4.69) is 0 Å². The zero-order valence-corrected chi connectivity index (χ0v) is 6.92. The van der Waals surface area contributed by atoms with Gasteiger partial charge in [-0.1, -0.05) is 11.8 Å². The van der Waals surface area contributed by atoms with E-state index < -0.39 is 6.69 Å². The SMILES string of the molecule is C/C=C\[Si](C)(Cl)Cl. The van der Waals surface area contributed by atoms with E-state index in [1.165, 1.54) is 0 Å². The number of rotatable bonds is 1. The Morgan fingerprint density at radius 3 is 1.86 bits per heavy atom. The summed E-state index contributed by atoms with van der Waals surface area (Å²) in [5.41, 5.74) is 1.86. The fourth-order valence-corrected chi connectivity index (χ4v) is 1.63. The molecule has 0 saturated heterocycles. The summed E-state index contributed by atoms with van der Waals surface area (Å²) in [5, 5.41) is 0. The molecule has 0 radical (unpaired) electrons. The molecule has 7 heavy (non-hydrogen) atoms. The van der Waals surface area contributed by atoms with E-state index in [1.54, 1.807) is 0 Å². The molecule has 0 aliphatic rings. The fourth-order valence-electron chi connectivity index (χ4n) is 0.293. The van der Waals surface area contributed by atoms with Crippen LogP contribution >= 0.6 is 22.2 Å². The maximum atomic E-state index is 5.65. The van der Waals surface area contributed by atoms with Crippen LogP contribution in [0.4, 0.5) is 0 Å². The Hall–Kier alpha value is 0.537. The molecule has 0 bridgehead atoms. The molecule has 0 atom stereocenters. The molecular formula is C4H8Cl2Si. The molecule has 0 unspecified atom stereocenters. The lowest BCUT2D eigenvalue weighted by Gasteiger charge is -1.98. The zero-order chi connectivity index (χ0) is 5.91. The van der Waals surface area contributed by atoms with E-state index in [4.69, 9.17) is 22.2 Å². The maximum Gasteiger partial charge on any atom is 0.270 e. The Labute approximate surface area is 54.5 Å². The molecule has 0 aromatic heterocycles. The average Bonchev–Trinajstić information content (AvgIpc) is 1.30. The van der Waals surface area contributed by atoms with Crippen molar-refractivity contribution in [3.63, 3.8) is 0 Å². The van der Waals surface area contributed by atoms with Crippen LogP contribution in [-0.4, -0.2) is 6.69 Å². The van der Waals surface area contributed by atoms with Gasteiger partial charge in [-0.25, -0.2) is 0 Å². The van der Waals surface area contributed by atoms with Gasteiger partial charge < -0.3 is 0 Å². The lowest BCUT2D eigenvalue weighted by Crippen LogP contribution is -2.06. The second kappa shape index (κ2) is 2.75. The first-order chi connectivity index (χ1) is 3.06. The fraction of sp³-hybridized carbons (Fsp3) is 0.500. The van der Waals surface area contributed by atoms with E-state index in [0.717, 1.165) is 0 Å². The second-order valence-corrected chi connectivity index (χ2v) is 8.99. The molecule has 3 heteroatoms. The van der Waals surface area contributed by atoms with Crippen LogP contribution in [0.1, 0.15) is 6.92 Å². The highest BCUT2D eigenvalue weighted by molar-refractivity contribution is 7.47. The lowest BCUT2D eigenvalue weighted by molar-refractivity contribution is 1.77. The normalized spacial score (nSPS) is 13.1. The molecule has 0 saturated carbocycles. The van der Waals surface area contributed by atoms with Crippen molar-refractivity contribution in [2.75, 3.05) is 0 Å².